The lowest BCUT2D eigenvalue weighted by molar-refractivity contribution is -0.143. The van der Waals surface area contributed by atoms with Gasteiger partial charge in [0.2, 0.25) is 0 Å². The van der Waals surface area contributed by atoms with E-state index >= 15 is 0 Å². The molecule has 0 aliphatic heterocycles. The molecule has 1 aromatic heterocycles. The number of nitrogens with zero attached hydrogens (tertiary/aromatic N) is 1. The monoisotopic (exact) mass is 351 g/mol. The number of nitrogens with two attached hydrogens (primary N) is 1. The second-order valence-corrected chi connectivity index (χ2v) is 5.86. The number of carbonyl (C=O) groups excluding carboxylic acids is 2. The highest BCUT2D eigenvalue weighted by atomic mass is 32.1. The van der Waals surface area contributed by atoms with E-state index in [1.807, 2.05) is 0 Å². The fraction of sp³-hybridized carbons (Fsp3) is 0.312. The van der Waals surface area contributed by atoms with E-state index in [0.717, 1.165) is 0 Å². The minimum atomic E-state index is -0.639. The first kappa shape index (κ1) is 18.0. The van der Waals surface area contributed by atoms with Crippen molar-refractivity contribution in [2.24, 2.45) is 5.73 Å². The molecule has 0 saturated carbocycles. The number of amides is 1. The predicted octanol–water partition coefficient (Wildman–Crippen LogP) is 2.17. The van der Waals surface area contributed by atoms with Crippen LogP contribution in [0.1, 0.15) is 40.4 Å². The van der Waals surface area contributed by atoms with Crippen LogP contribution < -0.4 is 11.1 Å². The molecule has 2 aromatic rings. The molecule has 0 aliphatic carbocycles. The molecule has 1 amide bonds. The summed E-state index contributed by atoms with van der Waals surface area (Å²) in [7, 11) is 0. The van der Waals surface area contributed by atoms with Crippen molar-refractivity contribution in [2.75, 3.05) is 6.61 Å². The molecule has 1 aromatic carbocycles. The maximum Gasteiger partial charge on any atom is 0.308 e. The van der Waals surface area contributed by atoms with Gasteiger partial charge in [-0.05, 0) is 24.6 Å². The molecule has 8 heteroatoms. The molecule has 0 spiro atoms. The molecule has 3 N–H and O–H groups in total. The molecule has 0 bridgehead atoms. The topological polar surface area (TPSA) is 94.3 Å². The Labute approximate surface area is 142 Å². The molecule has 0 fully saturated rings. The predicted molar refractivity (Wildman–Crippen MR) is 87.9 cm³/mol. The van der Waals surface area contributed by atoms with Crippen LogP contribution in [-0.2, 0) is 16.1 Å². The first-order valence-corrected chi connectivity index (χ1v) is 8.27. The molecule has 0 saturated heterocycles. The second kappa shape index (κ2) is 8.51. The van der Waals surface area contributed by atoms with Crippen LogP contribution in [0.25, 0.3) is 0 Å². The highest BCUT2D eigenvalue weighted by Crippen LogP contribution is 2.19. The Balaban J connectivity index is 2.16. The average molecular weight is 351 g/mol. The van der Waals surface area contributed by atoms with Crippen LogP contribution in [0.3, 0.4) is 0 Å². The van der Waals surface area contributed by atoms with Crippen LogP contribution in [0.15, 0.2) is 29.6 Å². The summed E-state index contributed by atoms with van der Waals surface area (Å²) in [6.45, 7) is 2.20. The van der Waals surface area contributed by atoms with Gasteiger partial charge in [-0.3, -0.25) is 9.59 Å². The van der Waals surface area contributed by atoms with Crippen molar-refractivity contribution in [2.45, 2.75) is 25.9 Å². The summed E-state index contributed by atoms with van der Waals surface area (Å²) in [4.78, 5) is 28.2. The number of carbonyl (C=O) groups is 2. The number of benzene rings is 1. The van der Waals surface area contributed by atoms with Gasteiger partial charge in [0.05, 0.1) is 19.1 Å². The van der Waals surface area contributed by atoms with Gasteiger partial charge >= 0.3 is 5.97 Å². The van der Waals surface area contributed by atoms with Gasteiger partial charge in [-0.25, -0.2) is 9.37 Å². The number of rotatable bonds is 7. The number of nitrogens with one attached hydrogen (secondary N) is 1. The Morgan fingerprint density at radius 2 is 2.08 bits per heavy atom. The molecule has 6 nitrogen and oxygen atoms in total. The highest BCUT2D eigenvalue weighted by molar-refractivity contribution is 7.09. The molecule has 1 atom stereocenters. The SMILES string of the molecule is CCOC(=O)CC(NC(=O)c1csc(CN)n1)c1ccc(F)cc1. The van der Waals surface area contributed by atoms with Crippen LogP contribution in [-0.4, -0.2) is 23.5 Å². The zero-order chi connectivity index (χ0) is 17.5. The summed E-state index contributed by atoms with van der Waals surface area (Å²) in [5.41, 5.74) is 6.33. The van der Waals surface area contributed by atoms with Gasteiger partial charge in [-0.15, -0.1) is 11.3 Å². The number of aromatic nitrogens is 1. The smallest absolute Gasteiger partial charge is 0.308 e. The van der Waals surface area contributed by atoms with E-state index in [1.54, 1.807) is 12.3 Å². The first-order valence-electron chi connectivity index (χ1n) is 7.40. The maximum atomic E-state index is 13.1. The van der Waals surface area contributed by atoms with Crippen molar-refractivity contribution >= 4 is 23.2 Å². The number of hydrogen-bond acceptors (Lipinski definition) is 6. The number of esters is 1. The summed E-state index contributed by atoms with van der Waals surface area (Å²) in [5.74, 6) is -1.27. The van der Waals surface area contributed by atoms with Crippen LogP contribution in [0.5, 0.6) is 0 Å². The van der Waals surface area contributed by atoms with Gasteiger partial charge < -0.3 is 15.8 Å². The van der Waals surface area contributed by atoms with Crippen molar-refractivity contribution in [1.29, 1.82) is 0 Å². The van der Waals surface area contributed by atoms with Crippen LogP contribution in [0.2, 0.25) is 0 Å². The van der Waals surface area contributed by atoms with E-state index in [0.29, 0.717) is 10.6 Å². The Kier molecular flexibility index (Phi) is 6.39. The van der Waals surface area contributed by atoms with Crippen molar-refractivity contribution in [1.82, 2.24) is 10.3 Å². The number of ether oxygens (including phenoxy) is 1. The lowest BCUT2D eigenvalue weighted by Crippen LogP contribution is -2.31. The third-order valence-electron chi connectivity index (χ3n) is 3.21. The van der Waals surface area contributed by atoms with Crippen LogP contribution >= 0.6 is 11.3 Å². The Bertz CT molecular complexity index is 703. The van der Waals surface area contributed by atoms with Crippen molar-refractivity contribution in [3.63, 3.8) is 0 Å². The number of hydrogen-bond donors (Lipinski definition) is 2. The lowest BCUT2D eigenvalue weighted by atomic mass is 10.0. The zero-order valence-corrected chi connectivity index (χ0v) is 13.9. The fourth-order valence-electron chi connectivity index (χ4n) is 2.08. The Morgan fingerprint density at radius 3 is 2.67 bits per heavy atom. The van der Waals surface area contributed by atoms with E-state index in [4.69, 9.17) is 10.5 Å². The third kappa shape index (κ3) is 4.84. The van der Waals surface area contributed by atoms with Gasteiger partial charge in [-0.2, -0.15) is 0 Å². The zero-order valence-electron chi connectivity index (χ0n) is 13.1. The third-order valence-corrected chi connectivity index (χ3v) is 4.08. The Morgan fingerprint density at radius 1 is 1.38 bits per heavy atom. The van der Waals surface area contributed by atoms with Gasteiger partial charge in [0.15, 0.2) is 0 Å². The van der Waals surface area contributed by atoms with Gasteiger partial charge in [0.25, 0.3) is 5.91 Å². The van der Waals surface area contributed by atoms with Crippen molar-refractivity contribution in [3.05, 3.63) is 51.7 Å². The van der Waals surface area contributed by atoms with Gasteiger partial charge in [0.1, 0.15) is 16.5 Å². The second-order valence-electron chi connectivity index (χ2n) is 4.92. The Hall–Kier alpha value is -2.32. The molecule has 2 rings (SSSR count). The minimum absolute atomic E-state index is 0.0565. The molecule has 1 heterocycles. The normalized spacial score (nSPS) is 11.8. The molecular formula is C16H18FN3O3S. The van der Waals surface area contributed by atoms with Crippen LogP contribution in [0, 0.1) is 5.82 Å². The van der Waals surface area contributed by atoms with E-state index < -0.39 is 23.7 Å². The summed E-state index contributed by atoms with van der Waals surface area (Å²) in [5, 5.41) is 4.98. The standard InChI is InChI=1S/C16H18FN3O3S/c1-2-23-15(21)7-12(10-3-5-11(17)6-4-10)20-16(22)13-9-24-14(8-18)19-13/h3-6,9,12H,2,7-8,18H2,1H3,(H,20,22). The highest BCUT2D eigenvalue weighted by Gasteiger charge is 2.21. The lowest BCUT2D eigenvalue weighted by Gasteiger charge is -2.18. The molecule has 0 aliphatic rings. The van der Waals surface area contributed by atoms with E-state index in [-0.39, 0.29) is 25.3 Å². The molecule has 24 heavy (non-hydrogen) atoms. The maximum absolute atomic E-state index is 13.1. The number of thiazole rings is 1. The summed E-state index contributed by atoms with van der Waals surface area (Å²) < 4.78 is 18.0. The van der Waals surface area contributed by atoms with Crippen molar-refractivity contribution in [3.8, 4) is 0 Å². The first-order chi connectivity index (χ1) is 11.5. The molecule has 128 valence electrons. The summed E-state index contributed by atoms with van der Waals surface area (Å²) in [6, 6.07) is 4.95. The summed E-state index contributed by atoms with van der Waals surface area (Å²) >= 11 is 1.29. The molecule has 0 radical (unpaired) electrons. The van der Waals surface area contributed by atoms with Crippen LogP contribution in [0.4, 0.5) is 4.39 Å². The van der Waals surface area contributed by atoms with Gasteiger partial charge in [0, 0.05) is 11.9 Å². The largest absolute Gasteiger partial charge is 0.466 e. The average Bonchev–Trinajstić information content (AvgIpc) is 3.04. The van der Waals surface area contributed by atoms with E-state index in [1.165, 1.54) is 35.6 Å². The van der Waals surface area contributed by atoms with Crippen molar-refractivity contribution < 1.29 is 18.7 Å². The van der Waals surface area contributed by atoms with E-state index in [2.05, 4.69) is 10.3 Å². The fourth-order valence-corrected chi connectivity index (χ4v) is 2.73. The number of halogens is 1. The summed E-state index contributed by atoms with van der Waals surface area (Å²) in [6.07, 6.45) is -0.0565. The van der Waals surface area contributed by atoms with E-state index in [9.17, 15) is 14.0 Å². The quantitative estimate of drug-likeness (QED) is 0.746. The minimum Gasteiger partial charge on any atom is -0.466 e. The van der Waals surface area contributed by atoms with Gasteiger partial charge in [-0.1, -0.05) is 12.1 Å². The molecular weight excluding hydrogens is 333 g/mol. The molecule has 1 unspecified atom stereocenters.